The van der Waals surface area contributed by atoms with Gasteiger partial charge in [-0.3, -0.25) is 4.98 Å². The summed E-state index contributed by atoms with van der Waals surface area (Å²) in [4.78, 5) is 4.13. The molecule has 0 bridgehead atoms. The maximum Gasteiger partial charge on any atom is 0.134 e. The van der Waals surface area contributed by atoms with Crippen LogP contribution in [0.2, 0.25) is 0 Å². The van der Waals surface area contributed by atoms with Crippen molar-refractivity contribution in [1.29, 1.82) is 0 Å². The molecule has 0 aliphatic carbocycles. The van der Waals surface area contributed by atoms with Crippen LogP contribution in [0, 0.1) is 0 Å². The third-order valence-corrected chi connectivity index (χ3v) is 4.00. The van der Waals surface area contributed by atoms with Gasteiger partial charge in [-0.2, -0.15) is 0 Å². The minimum atomic E-state index is 0.188. The Kier molecular flexibility index (Phi) is 4.36. The first-order valence-electron chi connectivity index (χ1n) is 7.03. The molecule has 3 nitrogen and oxygen atoms in total. The van der Waals surface area contributed by atoms with Gasteiger partial charge in [0.2, 0.25) is 0 Å². The zero-order chi connectivity index (χ0) is 14.7. The highest BCUT2D eigenvalue weighted by molar-refractivity contribution is 9.10. The Morgan fingerprint density at radius 3 is 3.00 bits per heavy atom. The number of benzene rings is 1. The molecule has 2 aromatic heterocycles. The van der Waals surface area contributed by atoms with E-state index in [2.05, 4.69) is 51.4 Å². The first-order chi connectivity index (χ1) is 10.2. The van der Waals surface area contributed by atoms with Crippen LogP contribution in [0.5, 0.6) is 0 Å². The maximum absolute atomic E-state index is 5.89. The van der Waals surface area contributed by atoms with Crippen LogP contribution < -0.4 is 5.32 Å². The fraction of sp³-hybridized carbons (Fsp3) is 0.235. The highest BCUT2D eigenvalue weighted by Gasteiger charge is 2.11. The molecule has 0 saturated heterocycles. The van der Waals surface area contributed by atoms with Crippen LogP contribution in [0.4, 0.5) is 0 Å². The number of hydrogen-bond acceptors (Lipinski definition) is 3. The Morgan fingerprint density at radius 1 is 1.29 bits per heavy atom. The normalized spacial score (nSPS) is 12.7. The van der Waals surface area contributed by atoms with Crippen LogP contribution in [0.15, 0.2) is 57.7 Å². The molecule has 2 heterocycles. The van der Waals surface area contributed by atoms with Gasteiger partial charge in [0.15, 0.2) is 0 Å². The van der Waals surface area contributed by atoms with Crippen LogP contribution in [0.3, 0.4) is 0 Å². The molecule has 0 radical (unpaired) electrons. The van der Waals surface area contributed by atoms with Crippen molar-refractivity contribution < 1.29 is 4.42 Å². The largest absolute Gasteiger partial charge is 0.459 e. The Labute approximate surface area is 132 Å². The maximum atomic E-state index is 5.89. The molecule has 21 heavy (non-hydrogen) atoms. The average molecular weight is 345 g/mol. The summed E-state index contributed by atoms with van der Waals surface area (Å²) in [5, 5.41) is 4.61. The minimum absolute atomic E-state index is 0.188. The molecule has 3 aromatic rings. The Hall–Kier alpha value is -1.65. The monoisotopic (exact) mass is 344 g/mol. The smallest absolute Gasteiger partial charge is 0.134 e. The molecule has 0 aliphatic heterocycles. The van der Waals surface area contributed by atoms with Gasteiger partial charge in [0.25, 0.3) is 0 Å². The second-order valence-electron chi connectivity index (χ2n) is 5.12. The van der Waals surface area contributed by atoms with E-state index in [4.69, 9.17) is 4.42 Å². The molecule has 0 amide bonds. The number of fused-ring (bicyclic) bond motifs is 1. The summed E-state index contributed by atoms with van der Waals surface area (Å²) in [6, 6.07) is 12.4. The molecule has 0 saturated carbocycles. The number of rotatable bonds is 5. The summed E-state index contributed by atoms with van der Waals surface area (Å²) in [6.07, 6.45) is 4.67. The van der Waals surface area contributed by atoms with Crippen molar-refractivity contribution in [2.45, 2.75) is 19.4 Å². The van der Waals surface area contributed by atoms with E-state index in [9.17, 15) is 0 Å². The lowest BCUT2D eigenvalue weighted by Gasteiger charge is -2.10. The molecule has 3 rings (SSSR count). The summed E-state index contributed by atoms with van der Waals surface area (Å²) in [7, 11) is 0. The number of pyridine rings is 1. The number of hydrogen-bond donors (Lipinski definition) is 1. The fourth-order valence-corrected chi connectivity index (χ4v) is 2.71. The van der Waals surface area contributed by atoms with Crippen molar-refractivity contribution in [3.05, 3.63) is 64.6 Å². The van der Waals surface area contributed by atoms with Crippen LogP contribution in [0.1, 0.15) is 24.3 Å². The van der Waals surface area contributed by atoms with Crippen LogP contribution >= 0.6 is 15.9 Å². The van der Waals surface area contributed by atoms with Crippen molar-refractivity contribution >= 4 is 26.9 Å². The molecule has 1 atom stereocenters. The standard InChI is InChI=1S/C17H17BrN2O/c1-12(20-8-6-13-3-2-7-19-11-13)17-10-14-9-15(18)4-5-16(14)21-17/h2-5,7,9-12,20H,6,8H2,1H3. The average Bonchev–Trinajstić information content (AvgIpc) is 2.91. The van der Waals surface area contributed by atoms with Gasteiger partial charge in [0.05, 0.1) is 6.04 Å². The van der Waals surface area contributed by atoms with E-state index in [1.54, 1.807) is 6.20 Å². The zero-order valence-electron chi connectivity index (χ0n) is 11.8. The molecule has 0 fully saturated rings. The van der Waals surface area contributed by atoms with Gasteiger partial charge >= 0.3 is 0 Å². The number of nitrogens with one attached hydrogen (secondary N) is 1. The van der Waals surface area contributed by atoms with E-state index in [0.717, 1.165) is 34.2 Å². The van der Waals surface area contributed by atoms with Gasteiger partial charge < -0.3 is 9.73 Å². The summed E-state index contributed by atoms with van der Waals surface area (Å²) in [5.74, 6) is 0.967. The van der Waals surface area contributed by atoms with Gasteiger partial charge in [-0.15, -0.1) is 0 Å². The molecule has 1 aromatic carbocycles. The van der Waals surface area contributed by atoms with Gasteiger partial charge in [-0.1, -0.05) is 22.0 Å². The van der Waals surface area contributed by atoms with E-state index in [1.165, 1.54) is 5.56 Å². The van der Waals surface area contributed by atoms with Crippen LogP contribution in [-0.4, -0.2) is 11.5 Å². The van der Waals surface area contributed by atoms with Gasteiger partial charge in [0, 0.05) is 22.3 Å². The molecule has 0 aliphatic rings. The topological polar surface area (TPSA) is 38.1 Å². The first-order valence-corrected chi connectivity index (χ1v) is 7.83. The third kappa shape index (κ3) is 3.52. The molecular weight excluding hydrogens is 328 g/mol. The number of aromatic nitrogens is 1. The summed E-state index contributed by atoms with van der Waals surface area (Å²) in [6.45, 7) is 3.02. The van der Waals surface area contributed by atoms with Gasteiger partial charge in [0.1, 0.15) is 11.3 Å². The molecular formula is C17H17BrN2O. The van der Waals surface area contributed by atoms with E-state index < -0.39 is 0 Å². The Morgan fingerprint density at radius 2 is 2.19 bits per heavy atom. The summed E-state index contributed by atoms with van der Waals surface area (Å²) in [5.41, 5.74) is 2.17. The lowest BCUT2D eigenvalue weighted by Crippen LogP contribution is -2.20. The van der Waals surface area contributed by atoms with Gasteiger partial charge in [-0.25, -0.2) is 0 Å². The fourth-order valence-electron chi connectivity index (χ4n) is 2.33. The van der Waals surface area contributed by atoms with Crippen LogP contribution in [0.25, 0.3) is 11.0 Å². The number of furan rings is 1. The second kappa shape index (κ2) is 6.41. The van der Waals surface area contributed by atoms with Gasteiger partial charge in [-0.05, 0) is 55.8 Å². The minimum Gasteiger partial charge on any atom is -0.459 e. The van der Waals surface area contributed by atoms with E-state index in [0.29, 0.717) is 0 Å². The first kappa shape index (κ1) is 14.3. The lowest BCUT2D eigenvalue weighted by molar-refractivity contribution is 0.453. The quantitative estimate of drug-likeness (QED) is 0.741. The van der Waals surface area contributed by atoms with E-state index in [-0.39, 0.29) is 6.04 Å². The lowest BCUT2D eigenvalue weighted by atomic mass is 10.2. The molecule has 1 N–H and O–H groups in total. The third-order valence-electron chi connectivity index (χ3n) is 3.51. The van der Waals surface area contributed by atoms with E-state index in [1.807, 2.05) is 24.4 Å². The van der Waals surface area contributed by atoms with Crippen molar-refractivity contribution in [2.75, 3.05) is 6.54 Å². The Bertz CT molecular complexity index is 724. The predicted octanol–water partition coefficient (Wildman–Crippen LogP) is 4.48. The number of nitrogens with zero attached hydrogens (tertiary/aromatic N) is 1. The molecule has 1 unspecified atom stereocenters. The summed E-state index contributed by atoms with van der Waals surface area (Å²) < 4.78 is 6.96. The predicted molar refractivity (Wildman–Crippen MR) is 88.3 cm³/mol. The van der Waals surface area contributed by atoms with Crippen molar-refractivity contribution in [2.24, 2.45) is 0 Å². The summed E-state index contributed by atoms with van der Waals surface area (Å²) >= 11 is 3.48. The second-order valence-corrected chi connectivity index (χ2v) is 6.03. The molecule has 0 spiro atoms. The highest BCUT2D eigenvalue weighted by atomic mass is 79.9. The number of halogens is 1. The van der Waals surface area contributed by atoms with Crippen molar-refractivity contribution in [3.63, 3.8) is 0 Å². The van der Waals surface area contributed by atoms with E-state index >= 15 is 0 Å². The SMILES string of the molecule is CC(NCCc1cccnc1)c1cc2cc(Br)ccc2o1. The Balaban J connectivity index is 1.62. The highest BCUT2D eigenvalue weighted by Crippen LogP contribution is 2.26. The molecule has 108 valence electrons. The zero-order valence-corrected chi connectivity index (χ0v) is 13.4. The van der Waals surface area contributed by atoms with Crippen LogP contribution in [-0.2, 0) is 6.42 Å². The van der Waals surface area contributed by atoms with Crippen molar-refractivity contribution in [1.82, 2.24) is 10.3 Å². The van der Waals surface area contributed by atoms with Crippen molar-refractivity contribution in [3.8, 4) is 0 Å². The molecule has 4 heteroatoms.